The number of unbranched alkanes of at least 4 members (excludes halogenated alkanes) is 23. The molecule has 0 aromatic carbocycles. The first-order valence-corrected chi connectivity index (χ1v) is 28.6. The minimum atomic E-state index is -1.98. The van der Waals surface area contributed by atoms with Gasteiger partial charge in [-0.1, -0.05) is 173 Å². The molecule has 12 N–H and O–H groups in total. The smallest absolute Gasteiger partial charge is 0.220 e. The van der Waals surface area contributed by atoms with Crippen molar-refractivity contribution in [1.82, 2.24) is 5.32 Å². The van der Waals surface area contributed by atoms with E-state index in [1.807, 2.05) is 6.08 Å². The summed E-state index contributed by atoms with van der Waals surface area (Å²) in [6.07, 6.45) is 11.7. The van der Waals surface area contributed by atoms with E-state index in [1.165, 1.54) is 116 Å². The summed E-state index contributed by atoms with van der Waals surface area (Å²) in [4.78, 5) is 13.3. The number of amides is 1. The Labute approximate surface area is 441 Å². The summed E-state index contributed by atoms with van der Waals surface area (Å²) in [5.74, 6) is -0.286. The highest BCUT2D eigenvalue weighted by molar-refractivity contribution is 5.76. The van der Waals surface area contributed by atoms with Gasteiger partial charge in [0.05, 0.1) is 38.6 Å². The maximum absolute atomic E-state index is 13.3. The van der Waals surface area contributed by atoms with E-state index < -0.39 is 124 Å². The largest absolute Gasteiger partial charge is 0.394 e. The molecule has 0 bridgehead atoms. The third-order valence-corrected chi connectivity index (χ3v) is 14.5. The Morgan fingerprint density at radius 2 is 0.865 bits per heavy atom. The molecule has 434 valence electrons. The standard InChI is InChI=1S/C55H101NO18/c1-3-5-7-9-11-13-15-17-19-20-22-24-26-28-30-32-39(60)38(56-43(61)33-31-29-27-25-23-21-18-16-14-12-10-8-6-4-2)37-69-53-49(67)46(64)51(41(35-58)71-53)74-55-50(68)47(65)52(42(36-59)72-55)73-54-48(66)45(63)44(62)40(34-57)70-54/h22,24,30,32,38-42,44-55,57-60,62-68H,3-21,23,25-29,31,33-37H2,1-2H3,(H,56,61)/b24-22+,32-30+. The number of rotatable bonds is 41. The van der Waals surface area contributed by atoms with Crippen LogP contribution in [0.15, 0.2) is 24.3 Å². The quantitative estimate of drug-likeness (QED) is 0.0304. The van der Waals surface area contributed by atoms with E-state index in [0.717, 1.165) is 38.5 Å². The first kappa shape index (κ1) is 66.5. The maximum atomic E-state index is 13.3. The van der Waals surface area contributed by atoms with Crippen LogP contribution < -0.4 is 5.32 Å². The highest BCUT2D eigenvalue weighted by Crippen LogP contribution is 2.33. The molecule has 3 saturated heterocycles. The lowest BCUT2D eigenvalue weighted by Crippen LogP contribution is -2.66. The van der Waals surface area contributed by atoms with Crippen LogP contribution in [-0.4, -0.2) is 193 Å². The summed E-state index contributed by atoms with van der Waals surface area (Å²) in [5, 5.41) is 120. The predicted octanol–water partition coefficient (Wildman–Crippen LogP) is 3.98. The second kappa shape index (κ2) is 39.6. The highest BCUT2D eigenvalue weighted by Gasteiger charge is 2.53. The number of hydrogen-bond donors (Lipinski definition) is 12. The molecule has 0 radical (unpaired) electrons. The maximum Gasteiger partial charge on any atom is 0.220 e. The molecule has 74 heavy (non-hydrogen) atoms. The Bertz CT molecular complexity index is 1460. The van der Waals surface area contributed by atoms with Gasteiger partial charge >= 0.3 is 0 Å². The molecule has 3 heterocycles. The topological polar surface area (TPSA) is 307 Å². The van der Waals surface area contributed by atoms with Gasteiger partial charge in [-0.3, -0.25) is 4.79 Å². The van der Waals surface area contributed by atoms with Gasteiger partial charge in [0.25, 0.3) is 0 Å². The van der Waals surface area contributed by atoms with Crippen LogP contribution in [-0.2, 0) is 33.2 Å². The lowest BCUT2D eigenvalue weighted by Gasteiger charge is -2.48. The van der Waals surface area contributed by atoms with Crippen molar-refractivity contribution in [3.8, 4) is 0 Å². The van der Waals surface area contributed by atoms with Crippen LogP contribution in [0.2, 0.25) is 0 Å². The van der Waals surface area contributed by atoms with Gasteiger partial charge < -0.3 is 89.9 Å². The molecule has 3 aliphatic heterocycles. The molecule has 0 aromatic heterocycles. The van der Waals surface area contributed by atoms with Crippen LogP contribution in [0.1, 0.15) is 187 Å². The van der Waals surface area contributed by atoms with Crippen molar-refractivity contribution < 1.29 is 89.4 Å². The van der Waals surface area contributed by atoms with Gasteiger partial charge in [0.15, 0.2) is 18.9 Å². The van der Waals surface area contributed by atoms with E-state index in [2.05, 4.69) is 31.3 Å². The number of carbonyl (C=O) groups is 1. The van der Waals surface area contributed by atoms with Crippen LogP contribution >= 0.6 is 0 Å². The molecular weight excluding hydrogens is 963 g/mol. The van der Waals surface area contributed by atoms with Crippen molar-refractivity contribution in [2.75, 3.05) is 26.4 Å². The molecule has 3 rings (SSSR count). The molecule has 0 aliphatic carbocycles. The highest BCUT2D eigenvalue weighted by atomic mass is 16.8. The van der Waals surface area contributed by atoms with Crippen molar-refractivity contribution in [1.29, 1.82) is 0 Å². The third kappa shape index (κ3) is 24.1. The number of allylic oxidation sites excluding steroid dienone is 3. The zero-order chi connectivity index (χ0) is 54.1. The van der Waals surface area contributed by atoms with Gasteiger partial charge in [-0.2, -0.15) is 0 Å². The summed E-state index contributed by atoms with van der Waals surface area (Å²) >= 11 is 0. The molecular formula is C55H101NO18. The van der Waals surface area contributed by atoms with Crippen LogP contribution in [0, 0.1) is 0 Å². The number of ether oxygens (including phenoxy) is 6. The average Bonchev–Trinajstić information content (AvgIpc) is 3.40. The Kier molecular flexibility index (Phi) is 35.6. The van der Waals surface area contributed by atoms with Crippen LogP contribution in [0.3, 0.4) is 0 Å². The van der Waals surface area contributed by atoms with E-state index in [1.54, 1.807) is 6.08 Å². The van der Waals surface area contributed by atoms with Crippen molar-refractivity contribution >= 4 is 5.91 Å². The molecule has 1 amide bonds. The Balaban J connectivity index is 1.54. The molecule has 19 nitrogen and oxygen atoms in total. The fourth-order valence-electron chi connectivity index (χ4n) is 9.74. The summed E-state index contributed by atoms with van der Waals surface area (Å²) in [5.41, 5.74) is 0. The molecule has 0 aromatic rings. The number of hydrogen-bond acceptors (Lipinski definition) is 18. The van der Waals surface area contributed by atoms with Crippen molar-refractivity contribution in [2.45, 2.75) is 291 Å². The zero-order valence-corrected chi connectivity index (χ0v) is 44.8. The molecule has 17 unspecified atom stereocenters. The molecule has 0 spiro atoms. The van der Waals surface area contributed by atoms with Crippen LogP contribution in [0.25, 0.3) is 0 Å². The number of aliphatic hydroxyl groups excluding tert-OH is 11. The van der Waals surface area contributed by atoms with E-state index in [-0.39, 0.29) is 18.9 Å². The van der Waals surface area contributed by atoms with Crippen LogP contribution in [0.4, 0.5) is 0 Å². The number of carbonyl (C=O) groups excluding carboxylic acids is 1. The summed E-state index contributed by atoms with van der Waals surface area (Å²) < 4.78 is 34.2. The third-order valence-electron chi connectivity index (χ3n) is 14.5. The predicted molar refractivity (Wildman–Crippen MR) is 277 cm³/mol. The van der Waals surface area contributed by atoms with Crippen molar-refractivity contribution in [3.05, 3.63) is 24.3 Å². The van der Waals surface area contributed by atoms with E-state index >= 15 is 0 Å². The molecule has 3 aliphatic rings. The molecule has 17 atom stereocenters. The van der Waals surface area contributed by atoms with Gasteiger partial charge in [0.1, 0.15) is 73.2 Å². The zero-order valence-electron chi connectivity index (χ0n) is 44.8. The normalized spacial score (nSPS) is 31.6. The molecule has 0 saturated carbocycles. The Morgan fingerprint density at radius 3 is 1.35 bits per heavy atom. The van der Waals surface area contributed by atoms with E-state index in [0.29, 0.717) is 12.8 Å². The second-order valence-corrected chi connectivity index (χ2v) is 20.8. The molecule has 19 heteroatoms. The average molecular weight is 1060 g/mol. The summed E-state index contributed by atoms with van der Waals surface area (Å²) in [6.45, 7) is 1.68. The number of aliphatic hydroxyl groups is 11. The Hall–Kier alpha value is -1.73. The van der Waals surface area contributed by atoms with Crippen molar-refractivity contribution in [2.24, 2.45) is 0 Å². The first-order valence-electron chi connectivity index (χ1n) is 28.6. The SMILES string of the molecule is CCCCCCCCCCC/C=C/CC/C=C/C(O)C(COC1OC(CO)C(OC2OC(CO)C(OC3OC(CO)C(O)C(O)C3O)C(O)C2O)C(O)C1O)NC(=O)CCCCCCCCCCCCCCCC. The van der Waals surface area contributed by atoms with E-state index in [9.17, 15) is 61.0 Å². The van der Waals surface area contributed by atoms with Gasteiger partial charge in [-0.15, -0.1) is 0 Å². The lowest BCUT2D eigenvalue weighted by molar-refractivity contribution is -0.379. The van der Waals surface area contributed by atoms with Gasteiger partial charge in [0, 0.05) is 6.42 Å². The Morgan fingerprint density at radius 1 is 0.473 bits per heavy atom. The lowest BCUT2D eigenvalue weighted by atomic mass is 9.96. The number of nitrogens with one attached hydrogen (secondary N) is 1. The fourth-order valence-corrected chi connectivity index (χ4v) is 9.74. The van der Waals surface area contributed by atoms with E-state index in [4.69, 9.17) is 28.4 Å². The minimum absolute atomic E-state index is 0.239. The van der Waals surface area contributed by atoms with Gasteiger partial charge in [-0.25, -0.2) is 0 Å². The first-order chi connectivity index (χ1) is 35.8. The van der Waals surface area contributed by atoms with Crippen LogP contribution in [0.5, 0.6) is 0 Å². The monoisotopic (exact) mass is 1060 g/mol. The summed E-state index contributed by atoms with van der Waals surface area (Å²) in [7, 11) is 0. The second-order valence-electron chi connectivity index (χ2n) is 20.8. The van der Waals surface area contributed by atoms with Gasteiger partial charge in [0.2, 0.25) is 5.91 Å². The molecule has 3 fully saturated rings. The fraction of sp³-hybridized carbons (Fsp3) is 0.909. The van der Waals surface area contributed by atoms with Crippen molar-refractivity contribution in [3.63, 3.8) is 0 Å². The van der Waals surface area contributed by atoms with Gasteiger partial charge in [-0.05, 0) is 32.1 Å². The summed E-state index contributed by atoms with van der Waals surface area (Å²) in [6, 6.07) is -0.983. The minimum Gasteiger partial charge on any atom is -0.394 e.